The Kier molecular flexibility index (Phi) is 6.48. The molecule has 1 aliphatic rings. The Morgan fingerprint density at radius 2 is 1.89 bits per heavy atom. The number of imidazole rings is 1. The van der Waals surface area contributed by atoms with Crippen LogP contribution in [0, 0.1) is 0 Å². The molecule has 152 valence electrons. The smallest absolute Gasteiger partial charge is 0.251 e. The van der Waals surface area contributed by atoms with Gasteiger partial charge in [0.15, 0.2) is 0 Å². The van der Waals surface area contributed by atoms with Gasteiger partial charge in [-0.1, -0.05) is 0 Å². The first-order valence-corrected chi connectivity index (χ1v) is 10.8. The molecule has 1 aromatic heterocycles. The van der Waals surface area contributed by atoms with E-state index in [9.17, 15) is 13.2 Å². The van der Waals surface area contributed by atoms with Crippen LogP contribution in [0.15, 0.2) is 47.9 Å². The summed E-state index contributed by atoms with van der Waals surface area (Å²) in [6.45, 7) is 5.67. The Labute approximate surface area is 165 Å². The summed E-state index contributed by atoms with van der Waals surface area (Å²) in [5.74, 6) is -0.219. The van der Waals surface area contributed by atoms with Crippen molar-refractivity contribution in [3.8, 4) is 0 Å². The first-order chi connectivity index (χ1) is 13.4. The number of sulfonamides is 1. The maximum absolute atomic E-state index is 12.8. The minimum absolute atomic E-state index is 0.147. The topological polar surface area (TPSA) is 93.5 Å². The fourth-order valence-corrected chi connectivity index (χ4v) is 4.83. The molecule has 0 aliphatic carbocycles. The molecule has 1 amide bonds. The Morgan fingerprint density at radius 3 is 2.50 bits per heavy atom. The van der Waals surface area contributed by atoms with Gasteiger partial charge in [0.25, 0.3) is 5.91 Å². The van der Waals surface area contributed by atoms with Crippen LogP contribution in [-0.4, -0.2) is 60.0 Å². The summed E-state index contributed by atoms with van der Waals surface area (Å²) in [5.41, 5.74) is 0.435. The van der Waals surface area contributed by atoms with Gasteiger partial charge in [0.2, 0.25) is 10.0 Å². The highest BCUT2D eigenvalue weighted by Gasteiger charge is 2.32. The third-order valence-corrected chi connectivity index (χ3v) is 6.42. The van der Waals surface area contributed by atoms with Crippen molar-refractivity contribution in [3.63, 3.8) is 0 Å². The first kappa shape index (κ1) is 20.5. The van der Waals surface area contributed by atoms with Crippen molar-refractivity contribution < 1.29 is 17.9 Å². The van der Waals surface area contributed by atoms with E-state index in [4.69, 9.17) is 4.74 Å². The predicted octanol–water partition coefficient (Wildman–Crippen LogP) is 1.50. The van der Waals surface area contributed by atoms with E-state index in [1.807, 2.05) is 24.6 Å². The molecule has 0 radical (unpaired) electrons. The van der Waals surface area contributed by atoms with Gasteiger partial charge in [-0.3, -0.25) is 4.79 Å². The molecular weight excluding hydrogens is 380 g/mol. The monoisotopic (exact) mass is 406 g/mol. The SMILES string of the molecule is C[C@@H]1CN(S(=O)(=O)c2ccc(C(=O)NCCCn3ccnc3)cc2)C[C@@H](C)O1. The molecule has 2 atom stereocenters. The molecular formula is C19H26N4O4S. The highest BCUT2D eigenvalue weighted by molar-refractivity contribution is 7.89. The van der Waals surface area contributed by atoms with Gasteiger partial charge in [-0.05, 0) is 44.5 Å². The highest BCUT2D eigenvalue weighted by Crippen LogP contribution is 2.21. The van der Waals surface area contributed by atoms with Gasteiger partial charge >= 0.3 is 0 Å². The number of carbonyl (C=O) groups excluding carboxylic acids is 1. The van der Waals surface area contributed by atoms with Crippen LogP contribution in [0.25, 0.3) is 0 Å². The van der Waals surface area contributed by atoms with Gasteiger partial charge in [-0.25, -0.2) is 13.4 Å². The number of hydrogen-bond donors (Lipinski definition) is 1. The third kappa shape index (κ3) is 4.98. The average molecular weight is 407 g/mol. The van der Waals surface area contributed by atoms with E-state index >= 15 is 0 Å². The molecule has 8 nitrogen and oxygen atoms in total. The quantitative estimate of drug-likeness (QED) is 0.704. The van der Waals surface area contributed by atoms with Crippen molar-refractivity contribution in [2.45, 2.75) is 43.9 Å². The molecule has 1 aromatic carbocycles. The third-order valence-electron chi connectivity index (χ3n) is 4.58. The van der Waals surface area contributed by atoms with Crippen LogP contribution in [0.3, 0.4) is 0 Å². The standard InChI is InChI=1S/C19H26N4O4S/c1-15-12-23(13-16(2)27-15)28(25,26)18-6-4-17(5-7-18)19(24)21-8-3-10-22-11-9-20-14-22/h4-7,9,11,14-16H,3,8,10,12-13H2,1-2H3,(H,21,24)/t15-,16-/m1/s1. The molecule has 2 aromatic rings. The minimum atomic E-state index is -3.60. The lowest BCUT2D eigenvalue weighted by molar-refractivity contribution is -0.0440. The number of aromatic nitrogens is 2. The van der Waals surface area contributed by atoms with E-state index in [1.54, 1.807) is 24.7 Å². The molecule has 2 heterocycles. The number of amides is 1. The number of morpholine rings is 1. The summed E-state index contributed by atoms with van der Waals surface area (Å²) in [6, 6.07) is 6.07. The first-order valence-electron chi connectivity index (χ1n) is 9.36. The average Bonchev–Trinajstić information content (AvgIpc) is 3.18. The summed E-state index contributed by atoms with van der Waals surface area (Å²) >= 11 is 0. The predicted molar refractivity (Wildman–Crippen MR) is 104 cm³/mol. The summed E-state index contributed by atoms with van der Waals surface area (Å²) in [7, 11) is -3.60. The number of hydrogen-bond acceptors (Lipinski definition) is 5. The van der Waals surface area contributed by atoms with Crippen LogP contribution in [0.4, 0.5) is 0 Å². The summed E-state index contributed by atoms with van der Waals surface area (Å²) in [5, 5.41) is 2.85. The normalized spacial score (nSPS) is 20.8. The highest BCUT2D eigenvalue weighted by atomic mass is 32.2. The summed E-state index contributed by atoms with van der Waals surface area (Å²) in [4.78, 5) is 16.4. The van der Waals surface area contributed by atoms with Crippen LogP contribution >= 0.6 is 0 Å². The van der Waals surface area contributed by atoms with Gasteiger partial charge in [-0.2, -0.15) is 4.31 Å². The molecule has 28 heavy (non-hydrogen) atoms. The zero-order valence-corrected chi connectivity index (χ0v) is 16.9. The second-order valence-corrected chi connectivity index (χ2v) is 8.95. The molecule has 1 saturated heterocycles. The minimum Gasteiger partial charge on any atom is -0.373 e. The second-order valence-electron chi connectivity index (χ2n) is 7.01. The number of nitrogens with zero attached hydrogens (tertiary/aromatic N) is 3. The molecule has 1 aliphatic heterocycles. The van der Waals surface area contributed by atoms with Crippen molar-refractivity contribution in [1.82, 2.24) is 19.2 Å². The lowest BCUT2D eigenvalue weighted by Crippen LogP contribution is -2.48. The van der Waals surface area contributed by atoms with Gasteiger partial charge < -0.3 is 14.6 Å². The van der Waals surface area contributed by atoms with Crippen molar-refractivity contribution in [1.29, 1.82) is 0 Å². The van der Waals surface area contributed by atoms with Crippen LogP contribution < -0.4 is 5.32 Å². The molecule has 9 heteroatoms. The molecule has 0 bridgehead atoms. The van der Waals surface area contributed by atoms with Crippen LogP contribution in [0.5, 0.6) is 0 Å². The Hall–Kier alpha value is -2.23. The maximum Gasteiger partial charge on any atom is 0.251 e. The van der Waals surface area contributed by atoms with Crippen LogP contribution in [-0.2, 0) is 21.3 Å². The fraction of sp³-hybridized carbons (Fsp3) is 0.474. The Balaban J connectivity index is 1.56. The number of aryl methyl sites for hydroxylation is 1. The fourth-order valence-electron chi connectivity index (χ4n) is 3.24. The van der Waals surface area contributed by atoms with Crippen molar-refractivity contribution in [2.24, 2.45) is 0 Å². The molecule has 0 unspecified atom stereocenters. The van der Waals surface area contributed by atoms with E-state index in [0.717, 1.165) is 13.0 Å². The van der Waals surface area contributed by atoms with E-state index in [0.29, 0.717) is 25.2 Å². The van der Waals surface area contributed by atoms with E-state index in [-0.39, 0.29) is 23.0 Å². The molecule has 1 fully saturated rings. The van der Waals surface area contributed by atoms with Gasteiger partial charge in [0.1, 0.15) is 0 Å². The largest absolute Gasteiger partial charge is 0.373 e. The zero-order valence-electron chi connectivity index (χ0n) is 16.1. The van der Waals surface area contributed by atoms with Gasteiger partial charge in [0, 0.05) is 44.1 Å². The molecule has 1 N–H and O–H groups in total. The number of benzene rings is 1. The second kappa shape index (κ2) is 8.85. The lowest BCUT2D eigenvalue weighted by Gasteiger charge is -2.34. The zero-order chi connectivity index (χ0) is 20.1. The van der Waals surface area contributed by atoms with Gasteiger partial charge in [0.05, 0.1) is 23.4 Å². The Bertz CT molecular complexity index is 871. The van der Waals surface area contributed by atoms with E-state index < -0.39 is 10.0 Å². The number of nitrogens with one attached hydrogen (secondary N) is 1. The Morgan fingerprint density at radius 1 is 1.21 bits per heavy atom. The molecule has 0 saturated carbocycles. The van der Waals surface area contributed by atoms with E-state index in [1.165, 1.54) is 16.4 Å². The number of rotatable bonds is 7. The summed E-state index contributed by atoms with van der Waals surface area (Å²) in [6.07, 6.45) is 5.80. The van der Waals surface area contributed by atoms with Crippen molar-refractivity contribution in [3.05, 3.63) is 48.5 Å². The molecule has 3 rings (SSSR count). The maximum atomic E-state index is 12.8. The van der Waals surface area contributed by atoms with E-state index in [2.05, 4.69) is 10.3 Å². The molecule has 0 spiro atoms. The van der Waals surface area contributed by atoms with Crippen LogP contribution in [0.2, 0.25) is 0 Å². The lowest BCUT2D eigenvalue weighted by atomic mass is 10.2. The number of carbonyl (C=O) groups is 1. The van der Waals surface area contributed by atoms with Gasteiger partial charge in [-0.15, -0.1) is 0 Å². The van der Waals surface area contributed by atoms with Crippen molar-refractivity contribution >= 4 is 15.9 Å². The summed E-state index contributed by atoms with van der Waals surface area (Å²) < 4.78 is 34.7. The van der Waals surface area contributed by atoms with Crippen molar-refractivity contribution in [2.75, 3.05) is 19.6 Å². The number of ether oxygens (including phenoxy) is 1. The van der Waals surface area contributed by atoms with Crippen LogP contribution in [0.1, 0.15) is 30.6 Å².